The van der Waals surface area contributed by atoms with Gasteiger partial charge in [-0.05, 0) is 26.0 Å². The Kier molecular flexibility index (Phi) is 3.44. The number of nitrogens with zero attached hydrogens (tertiary/aromatic N) is 3. The minimum Gasteiger partial charge on any atom is -0.465 e. The van der Waals surface area contributed by atoms with Crippen LogP contribution in [-0.4, -0.2) is 46.3 Å². The van der Waals surface area contributed by atoms with Crippen molar-refractivity contribution in [3.8, 4) is 0 Å². The number of carbonyl (C=O) groups is 1. The van der Waals surface area contributed by atoms with Gasteiger partial charge in [0.2, 0.25) is 0 Å². The molecule has 1 fully saturated rings. The van der Waals surface area contributed by atoms with Crippen LogP contribution in [0.5, 0.6) is 0 Å². The first-order valence-electron chi connectivity index (χ1n) is 6.78. The van der Waals surface area contributed by atoms with Crippen molar-refractivity contribution in [3.63, 3.8) is 0 Å². The molecule has 1 aromatic carbocycles. The van der Waals surface area contributed by atoms with Crippen LogP contribution in [0.25, 0.3) is 10.2 Å². The average molecular weight is 309 g/mol. The Morgan fingerprint density at radius 2 is 2.14 bits per heavy atom. The number of amides is 1. The van der Waals surface area contributed by atoms with E-state index in [-0.39, 0.29) is 17.9 Å². The van der Waals surface area contributed by atoms with E-state index in [9.17, 15) is 14.3 Å². The molecule has 3 rings (SSSR count). The highest BCUT2D eigenvalue weighted by molar-refractivity contribution is 7.22. The number of aromatic nitrogens is 1. The number of rotatable bonds is 1. The Balaban J connectivity index is 1.90. The number of anilines is 1. The second-order valence-electron chi connectivity index (χ2n) is 5.39. The predicted octanol–water partition coefficient (Wildman–Crippen LogP) is 3.01. The summed E-state index contributed by atoms with van der Waals surface area (Å²) in [7, 11) is 0. The van der Waals surface area contributed by atoms with Crippen molar-refractivity contribution in [2.24, 2.45) is 0 Å². The van der Waals surface area contributed by atoms with Crippen molar-refractivity contribution >= 4 is 32.8 Å². The van der Waals surface area contributed by atoms with E-state index in [0.717, 1.165) is 9.83 Å². The fraction of sp³-hybridized carbons (Fsp3) is 0.429. The highest BCUT2D eigenvalue weighted by Crippen LogP contribution is 2.32. The standard InChI is InChI=1S/C14H16FN3O2S/c1-8-7-18(14(19)20)9(2)6-17(8)13-16-11-5-10(15)3-4-12(11)21-13/h3-5,8-9H,6-7H2,1-2H3,(H,19,20)/t8-,9+/m0/s1. The third kappa shape index (κ3) is 2.53. The summed E-state index contributed by atoms with van der Waals surface area (Å²) in [4.78, 5) is 19.2. The molecule has 2 atom stereocenters. The SMILES string of the molecule is C[C@@H]1CN(c2nc3cc(F)ccc3s2)[C@@H](C)CN1C(=O)O. The fourth-order valence-corrected chi connectivity index (χ4v) is 3.73. The molecule has 112 valence electrons. The van der Waals surface area contributed by atoms with Crippen molar-refractivity contribution < 1.29 is 14.3 Å². The fourth-order valence-electron chi connectivity index (χ4n) is 2.67. The van der Waals surface area contributed by atoms with Gasteiger partial charge in [0.25, 0.3) is 0 Å². The number of hydrogen-bond acceptors (Lipinski definition) is 4. The Bertz CT molecular complexity index is 690. The van der Waals surface area contributed by atoms with E-state index >= 15 is 0 Å². The Labute approximate surface area is 125 Å². The summed E-state index contributed by atoms with van der Waals surface area (Å²) >= 11 is 1.51. The molecule has 2 aromatic rings. The van der Waals surface area contributed by atoms with Gasteiger partial charge < -0.3 is 14.9 Å². The molecule has 0 spiro atoms. The maximum absolute atomic E-state index is 13.2. The molecule has 1 saturated heterocycles. The minimum absolute atomic E-state index is 0.0442. The maximum atomic E-state index is 13.2. The number of fused-ring (bicyclic) bond motifs is 1. The first-order valence-corrected chi connectivity index (χ1v) is 7.59. The second-order valence-corrected chi connectivity index (χ2v) is 6.40. The zero-order valence-corrected chi connectivity index (χ0v) is 12.6. The first kappa shape index (κ1) is 14.1. The van der Waals surface area contributed by atoms with Crippen LogP contribution < -0.4 is 4.90 Å². The van der Waals surface area contributed by atoms with Crippen molar-refractivity contribution in [1.82, 2.24) is 9.88 Å². The van der Waals surface area contributed by atoms with Crippen LogP contribution in [0.3, 0.4) is 0 Å². The molecule has 21 heavy (non-hydrogen) atoms. The van der Waals surface area contributed by atoms with Crippen molar-refractivity contribution in [2.45, 2.75) is 25.9 Å². The predicted molar refractivity (Wildman–Crippen MR) is 80.6 cm³/mol. The van der Waals surface area contributed by atoms with E-state index in [2.05, 4.69) is 9.88 Å². The summed E-state index contributed by atoms with van der Waals surface area (Å²) in [5, 5.41) is 10.0. The monoisotopic (exact) mass is 309 g/mol. The van der Waals surface area contributed by atoms with E-state index in [1.54, 1.807) is 6.07 Å². The van der Waals surface area contributed by atoms with E-state index in [4.69, 9.17) is 0 Å². The van der Waals surface area contributed by atoms with E-state index in [1.165, 1.54) is 28.4 Å². The van der Waals surface area contributed by atoms with Gasteiger partial charge in [0, 0.05) is 31.2 Å². The lowest BCUT2D eigenvalue weighted by Crippen LogP contribution is -2.58. The molecule has 1 aliphatic rings. The Morgan fingerprint density at radius 1 is 1.38 bits per heavy atom. The van der Waals surface area contributed by atoms with Crippen molar-refractivity contribution in [2.75, 3.05) is 18.0 Å². The van der Waals surface area contributed by atoms with Crippen LogP contribution >= 0.6 is 11.3 Å². The first-order chi connectivity index (χ1) is 9.95. The summed E-state index contributed by atoms with van der Waals surface area (Å²) < 4.78 is 14.2. The quantitative estimate of drug-likeness (QED) is 0.880. The van der Waals surface area contributed by atoms with Crippen LogP contribution in [0.15, 0.2) is 18.2 Å². The topological polar surface area (TPSA) is 56.7 Å². The minimum atomic E-state index is -0.889. The van der Waals surface area contributed by atoms with Gasteiger partial charge in [-0.25, -0.2) is 14.2 Å². The van der Waals surface area contributed by atoms with Gasteiger partial charge in [-0.3, -0.25) is 0 Å². The number of thiazole rings is 1. The zero-order chi connectivity index (χ0) is 15.1. The van der Waals surface area contributed by atoms with Gasteiger partial charge in [-0.2, -0.15) is 0 Å². The number of carboxylic acid groups (broad SMARTS) is 1. The summed E-state index contributed by atoms with van der Waals surface area (Å²) in [6, 6.07) is 4.54. The Hall–Kier alpha value is -1.89. The number of piperazine rings is 1. The molecule has 1 amide bonds. The van der Waals surface area contributed by atoms with Crippen LogP contribution in [-0.2, 0) is 0 Å². The number of halogens is 1. The van der Waals surface area contributed by atoms with Gasteiger partial charge in [0.15, 0.2) is 5.13 Å². The molecular weight excluding hydrogens is 293 g/mol. The summed E-state index contributed by atoms with van der Waals surface area (Å²) in [6.45, 7) is 4.91. The van der Waals surface area contributed by atoms with Crippen LogP contribution in [0.4, 0.5) is 14.3 Å². The molecule has 1 aliphatic heterocycles. The molecule has 0 bridgehead atoms. The number of benzene rings is 1. The highest BCUT2D eigenvalue weighted by atomic mass is 32.1. The van der Waals surface area contributed by atoms with Gasteiger partial charge >= 0.3 is 6.09 Å². The van der Waals surface area contributed by atoms with E-state index in [1.807, 2.05) is 13.8 Å². The smallest absolute Gasteiger partial charge is 0.407 e. The lowest BCUT2D eigenvalue weighted by Gasteiger charge is -2.42. The number of hydrogen-bond donors (Lipinski definition) is 1. The molecule has 2 heterocycles. The van der Waals surface area contributed by atoms with Crippen molar-refractivity contribution in [3.05, 3.63) is 24.0 Å². The lowest BCUT2D eigenvalue weighted by molar-refractivity contribution is 0.114. The third-order valence-corrected chi connectivity index (χ3v) is 4.89. The molecule has 0 unspecified atom stereocenters. The molecule has 0 saturated carbocycles. The second kappa shape index (κ2) is 5.14. The zero-order valence-electron chi connectivity index (χ0n) is 11.8. The molecule has 1 N–H and O–H groups in total. The summed E-state index contributed by atoms with van der Waals surface area (Å²) in [5.41, 5.74) is 0.649. The van der Waals surface area contributed by atoms with Gasteiger partial charge in [0.05, 0.1) is 10.2 Å². The average Bonchev–Trinajstić information content (AvgIpc) is 2.83. The maximum Gasteiger partial charge on any atom is 0.407 e. The summed E-state index contributed by atoms with van der Waals surface area (Å²) in [5.74, 6) is -0.295. The molecule has 1 aromatic heterocycles. The van der Waals surface area contributed by atoms with Crippen molar-refractivity contribution in [1.29, 1.82) is 0 Å². The largest absolute Gasteiger partial charge is 0.465 e. The van der Waals surface area contributed by atoms with Gasteiger partial charge in [-0.15, -0.1) is 0 Å². The van der Waals surface area contributed by atoms with E-state index < -0.39 is 6.09 Å². The lowest BCUT2D eigenvalue weighted by atomic mass is 10.1. The molecule has 7 heteroatoms. The highest BCUT2D eigenvalue weighted by Gasteiger charge is 2.33. The molecular formula is C14H16FN3O2S. The summed E-state index contributed by atoms with van der Waals surface area (Å²) in [6.07, 6.45) is -0.889. The van der Waals surface area contributed by atoms with Crippen LogP contribution in [0.2, 0.25) is 0 Å². The van der Waals surface area contributed by atoms with Gasteiger partial charge in [0.1, 0.15) is 5.82 Å². The molecule has 0 aliphatic carbocycles. The molecule has 0 radical (unpaired) electrons. The Morgan fingerprint density at radius 3 is 2.86 bits per heavy atom. The van der Waals surface area contributed by atoms with Crippen LogP contribution in [0.1, 0.15) is 13.8 Å². The third-order valence-electron chi connectivity index (χ3n) is 3.82. The molecule has 5 nitrogen and oxygen atoms in total. The van der Waals surface area contributed by atoms with E-state index in [0.29, 0.717) is 18.6 Å². The van der Waals surface area contributed by atoms with Gasteiger partial charge in [-0.1, -0.05) is 11.3 Å². The van der Waals surface area contributed by atoms with Crippen LogP contribution in [0, 0.1) is 5.82 Å². The normalized spacial score (nSPS) is 22.8.